The Morgan fingerprint density at radius 1 is 1.47 bits per heavy atom. The van der Waals surface area contributed by atoms with Crippen LogP contribution in [0.1, 0.15) is 32.0 Å². The summed E-state index contributed by atoms with van der Waals surface area (Å²) in [7, 11) is 2.01. The molecule has 1 saturated heterocycles. The molecule has 0 atom stereocenters. The Balaban J connectivity index is 1.84. The number of hydrogen-bond acceptors (Lipinski definition) is 3. The first-order valence-corrected chi connectivity index (χ1v) is 6.99. The zero-order valence-corrected chi connectivity index (χ0v) is 11.8. The van der Waals surface area contributed by atoms with Gasteiger partial charge >= 0.3 is 5.97 Å². The molecule has 1 fully saturated rings. The molecule has 19 heavy (non-hydrogen) atoms. The third-order valence-electron chi connectivity index (χ3n) is 4.52. The van der Waals surface area contributed by atoms with Gasteiger partial charge in [-0.15, -0.1) is 0 Å². The zero-order valence-electron chi connectivity index (χ0n) is 11.8. The van der Waals surface area contributed by atoms with Crippen LogP contribution in [0.15, 0.2) is 12.4 Å². The summed E-state index contributed by atoms with van der Waals surface area (Å²) in [6.07, 6.45) is 6.96. The minimum absolute atomic E-state index is 0.486. The number of carbonyl (C=O) groups is 1. The predicted molar refractivity (Wildman–Crippen MR) is 72.9 cm³/mol. The number of hydrogen-bond donors (Lipinski definition) is 1. The van der Waals surface area contributed by atoms with Crippen molar-refractivity contribution in [2.45, 2.75) is 32.6 Å². The number of likely N-dealkylation sites (tertiary alicyclic amines) is 1. The van der Waals surface area contributed by atoms with E-state index in [0.29, 0.717) is 0 Å². The second kappa shape index (κ2) is 5.74. The SMILES string of the molecule is CCC1(C(=O)O)CCN(CCc2nccn2C)CC1. The van der Waals surface area contributed by atoms with E-state index >= 15 is 0 Å². The first kappa shape index (κ1) is 14.1. The summed E-state index contributed by atoms with van der Waals surface area (Å²) in [5, 5.41) is 9.36. The maximum atomic E-state index is 11.4. The fraction of sp³-hybridized carbons (Fsp3) is 0.714. The van der Waals surface area contributed by atoms with Gasteiger partial charge in [-0.2, -0.15) is 0 Å². The largest absolute Gasteiger partial charge is 0.481 e. The number of piperidine rings is 1. The Hall–Kier alpha value is -1.36. The summed E-state index contributed by atoms with van der Waals surface area (Å²) < 4.78 is 2.04. The highest BCUT2D eigenvalue weighted by Crippen LogP contribution is 2.35. The second-order valence-corrected chi connectivity index (χ2v) is 5.49. The number of aryl methyl sites for hydroxylation is 1. The van der Waals surface area contributed by atoms with Crippen LogP contribution >= 0.6 is 0 Å². The van der Waals surface area contributed by atoms with Crippen molar-refractivity contribution in [1.82, 2.24) is 14.5 Å². The summed E-state index contributed by atoms with van der Waals surface area (Å²) >= 11 is 0. The number of nitrogens with zero attached hydrogens (tertiary/aromatic N) is 3. The van der Waals surface area contributed by atoms with Crippen molar-refractivity contribution in [3.8, 4) is 0 Å². The molecule has 0 aliphatic carbocycles. The van der Waals surface area contributed by atoms with E-state index in [1.54, 1.807) is 0 Å². The van der Waals surface area contributed by atoms with Crippen LogP contribution in [0.5, 0.6) is 0 Å². The average molecular weight is 265 g/mol. The van der Waals surface area contributed by atoms with E-state index in [2.05, 4.69) is 9.88 Å². The molecule has 1 aliphatic heterocycles. The van der Waals surface area contributed by atoms with Crippen LogP contribution < -0.4 is 0 Å². The van der Waals surface area contributed by atoms with Gasteiger partial charge in [-0.1, -0.05) is 6.92 Å². The van der Waals surface area contributed by atoms with E-state index in [0.717, 1.165) is 51.1 Å². The Morgan fingerprint density at radius 2 is 2.16 bits per heavy atom. The lowest BCUT2D eigenvalue weighted by Gasteiger charge is -2.38. The molecule has 0 spiro atoms. The van der Waals surface area contributed by atoms with Crippen molar-refractivity contribution in [3.05, 3.63) is 18.2 Å². The molecule has 1 aromatic heterocycles. The molecule has 5 heteroatoms. The van der Waals surface area contributed by atoms with E-state index in [9.17, 15) is 9.90 Å². The van der Waals surface area contributed by atoms with Gasteiger partial charge in [0, 0.05) is 32.4 Å². The standard InChI is InChI=1S/C14H23N3O2/c1-3-14(13(18)19)5-9-17(10-6-14)8-4-12-15-7-11-16(12)2/h7,11H,3-6,8-10H2,1-2H3,(H,18,19). The summed E-state index contributed by atoms with van der Waals surface area (Å²) in [4.78, 5) is 18.0. The third-order valence-corrected chi connectivity index (χ3v) is 4.52. The van der Waals surface area contributed by atoms with Crippen LogP contribution in [0.4, 0.5) is 0 Å². The second-order valence-electron chi connectivity index (χ2n) is 5.49. The Morgan fingerprint density at radius 3 is 2.63 bits per heavy atom. The van der Waals surface area contributed by atoms with Crippen LogP contribution in [0, 0.1) is 5.41 Å². The number of aromatic nitrogens is 2. The summed E-state index contributed by atoms with van der Waals surface area (Å²) in [6.45, 7) is 4.71. The lowest BCUT2D eigenvalue weighted by atomic mass is 9.76. The van der Waals surface area contributed by atoms with Gasteiger partial charge in [0.25, 0.3) is 0 Å². The van der Waals surface area contributed by atoms with Crippen LogP contribution in [-0.4, -0.2) is 45.2 Å². The molecule has 2 heterocycles. The van der Waals surface area contributed by atoms with Gasteiger partial charge in [0.1, 0.15) is 5.82 Å². The Kier molecular flexibility index (Phi) is 4.24. The predicted octanol–water partition coefficient (Wildman–Crippen LogP) is 1.54. The first-order valence-electron chi connectivity index (χ1n) is 6.99. The van der Waals surface area contributed by atoms with Gasteiger partial charge in [0.2, 0.25) is 0 Å². The molecule has 0 bridgehead atoms. The van der Waals surface area contributed by atoms with E-state index < -0.39 is 11.4 Å². The molecule has 0 aromatic carbocycles. The number of carboxylic acid groups (broad SMARTS) is 1. The van der Waals surface area contributed by atoms with E-state index in [1.807, 2.05) is 30.9 Å². The highest BCUT2D eigenvalue weighted by Gasteiger charge is 2.39. The fourth-order valence-electron chi connectivity index (χ4n) is 2.82. The number of rotatable bonds is 5. The van der Waals surface area contributed by atoms with Crippen LogP contribution in [0.2, 0.25) is 0 Å². The van der Waals surface area contributed by atoms with E-state index in [4.69, 9.17) is 0 Å². The average Bonchev–Trinajstić information content (AvgIpc) is 2.82. The maximum Gasteiger partial charge on any atom is 0.309 e. The van der Waals surface area contributed by atoms with Crippen LogP contribution in [0.25, 0.3) is 0 Å². The van der Waals surface area contributed by atoms with Crippen LogP contribution in [-0.2, 0) is 18.3 Å². The lowest BCUT2D eigenvalue weighted by Crippen LogP contribution is -2.44. The van der Waals surface area contributed by atoms with Gasteiger partial charge in [-0.25, -0.2) is 4.98 Å². The quantitative estimate of drug-likeness (QED) is 0.877. The first-order chi connectivity index (χ1) is 9.07. The molecular formula is C14H23N3O2. The van der Waals surface area contributed by atoms with Crippen molar-refractivity contribution in [2.75, 3.05) is 19.6 Å². The van der Waals surface area contributed by atoms with Crippen LogP contribution in [0.3, 0.4) is 0 Å². The van der Waals surface area contributed by atoms with E-state index in [1.165, 1.54) is 0 Å². The molecule has 106 valence electrons. The van der Waals surface area contributed by atoms with Gasteiger partial charge in [-0.3, -0.25) is 4.79 Å². The van der Waals surface area contributed by atoms with Gasteiger partial charge < -0.3 is 14.6 Å². The molecule has 2 rings (SSSR count). The summed E-state index contributed by atoms with van der Waals surface area (Å²) in [6, 6.07) is 0. The maximum absolute atomic E-state index is 11.4. The molecule has 1 aliphatic rings. The summed E-state index contributed by atoms with van der Waals surface area (Å²) in [5.74, 6) is 0.462. The number of imidazole rings is 1. The number of carboxylic acids is 1. The highest BCUT2D eigenvalue weighted by atomic mass is 16.4. The molecular weight excluding hydrogens is 242 g/mol. The molecule has 5 nitrogen and oxygen atoms in total. The molecule has 1 N–H and O–H groups in total. The van der Waals surface area contributed by atoms with Gasteiger partial charge in [-0.05, 0) is 32.4 Å². The summed E-state index contributed by atoms with van der Waals surface area (Å²) in [5.41, 5.74) is -0.486. The minimum Gasteiger partial charge on any atom is -0.481 e. The fourth-order valence-corrected chi connectivity index (χ4v) is 2.82. The third kappa shape index (κ3) is 2.97. The van der Waals surface area contributed by atoms with Crippen molar-refractivity contribution in [3.63, 3.8) is 0 Å². The highest BCUT2D eigenvalue weighted by molar-refractivity contribution is 5.74. The van der Waals surface area contributed by atoms with Crippen molar-refractivity contribution < 1.29 is 9.90 Å². The molecule has 0 unspecified atom stereocenters. The topological polar surface area (TPSA) is 58.4 Å². The zero-order chi connectivity index (χ0) is 13.9. The molecule has 0 amide bonds. The van der Waals surface area contributed by atoms with Crippen molar-refractivity contribution in [2.24, 2.45) is 12.5 Å². The molecule has 1 aromatic rings. The van der Waals surface area contributed by atoms with Crippen molar-refractivity contribution in [1.29, 1.82) is 0 Å². The number of aliphatic carboxylic acids is 1. The smallest absolute Gasteiger partial charge is 0.309 e. The van der Waals surface area contributed by atoms with Gasteiger partial charge in [0.05, 0.1) is 5.41 Å². The Bertz CT molecular complexity index is 434. The normalized spacial score (nSPS) is 19.5. The molecule has 0 radical (unpaired) electrons. The minimum atomic E-state index is -0.626. The van der Waals surface area contributed by atoms with Crippen molar-refractivity contribution >= 4 is 5.97 Å². The monoisotopic (exact) mass is 265 g/mol. The lowest BCUT2D eigenvalue weighted by molar-refractivity contribution is -0.152. The van der Waals surface area contributed by atoms with E-state index in [-0.39, 0.29) is 0 Å². The molecule has 0 saturated carbocycles. The Labute approximate surface area is 114 Å². The van der Waals surface area contributed by atoms with Gasteiger partial charge in [0.15, 0.2) is 0 Å².